The molecule has 2 aliphatic rings. The Morgan fingerprint density at radius 2 is 1.70 bits per heavy atom. The molecule has 2 atom stereocenters. The van der Waals surface area contributed by atoms with Gasteiger partial charge in [0.15, 0.2) is 0 Å². The number of benzene rings is 2. The van der Waals surface area contributed by atoms with E-state index in [-0.39, 0.29) is 30.1 Å². The Morgan fingerprint density at radius 3 is 2.48 bits per heavy atom. The SMILES string of the molecule is CCC(=O)N1CCC2CCCC(CN(C(=O)Cc3ccccc3F)Cc3ccccc31)N2C. The monoisotopic (exact) mass is 451 g/mol. The van der Waals surface area contributed by atoms with Gasteiger partial charge >= 0.3 is 0 Å². The topological polar surface area (TPSA) is 43.9 Å². The Bertz CT molecular complexity index is 995. The van der Waals surface area contributed by atoms with Crippen molar-refractivity contribution in [2.75, 3.05) is 25.0 Å². The van der Waals surface area contributed by atoms with E-state index in [9.17, 15) is 14.0 Å². The standard InChI is InChI=1S/C27H34FN3O2/c1-3-26(32)31-16-15-22-11-8-12-23(29(22)2)19-30(18-21-10-5-7-14-25(21)31)27(33)17-20-9-4-6-13-24(20)28/h4-7,9-10,13-14,22-23H,3,8,11-12,15-19H2,1-2H3. The van der Waals surface area contributed by atoms with Crippen molar-refractivity contribution in [3.8, 4) is 0 Å². The predicted molar refractivity (Wildman–Crippen MR) is 128 cm³/mol. The summed E-state index contributed by atoms with van der Waals surface area (Å²) < 4.78 is 14.3. The van der Waals surface area contributed by atoms with E-state index in [0.717, 1.165) is 36.9 Å². The molecule has 1 saturated heterocycles. The molecule has 2 aliphatic heterocycles. The largest absolute Gasteiger partial charge is 0.336 e. The van der Waals surface area contributed by atoms with E-state index in [1.165, 1.54) is 6.07 Å². The normalized spacial score (nSPS) is 21.8. The molecule has 0 aromatic heterocycles. The lowest BCUT2D eigenvalue weighted by Gasteiger charge is -2.42. The minimum absolute atomic E-state index is 0.0340. The number of anilines is 1. The molecule has 2 bridgehead atoms. The number of para-hydroxylation sites is 1. The molecular formula is C27H34FN3O2. The minimum atomic E-state index is -0.348. The quantitative estimate of drug-likeness (QED) is 0.695. The van der Waals surface area contributed by atoms with Crippen LogP contribution < -0.4 is 4.90 Å². The van der Waals surface area contributed by atoms with E-state index in [4.69, 9.17) is 0 Å². The van der Waals surface area contributed by atoms with Crippen LogP contribution in [0, 0.1) is 5.82 Å². The van der Waals surface area contributed by atoms with Crippen molar-refractivity contribution in [2.24, 2.45) is 0 Å². The zero-order chi connectivity index (χ0) is 23.4. The molecule has 2 aromatic carbocycles. The van der Waals surface area contributed by atoms with Gasteiger partial charge in [-0.2, -0.15) is 0 Å². The molecule has 0 radical (unpaired) electrons. The summed E-state index contributed by atoms with van der Waals surface area (Å²) in [5.74, 6) is -0.335. The Labute approximate surface area is 196 Å². The minimum Gasteiger partial charge on any atom is -0.336 e. The van der Waals surface area contributed by atoms with Gasteiger partial charge in [-0.1, -0.05) is 49.7 Å². The van der Waals surface area contributed by atoms with E-state index in [1.807, 2.05) is 41.0 Å². The van der Waals surface area contributed by atoms with Crippen LogP contribution >= 0.6 is 0 Å². The predicted octanol–water partition coefficient (Wildman–Crippen LogP) is 4.40. The van der Waals surface area contributed by atoms with E-state index in [0.29, 0.717) is 37.7 Å². The number of nitrogens with zero attached hydrogens (tertiary/aromatic N) is 3. The number of likely N-dealkylation sites (N-methyl/N-ethyl adjacent to an activating group) is 1. The van der Waals surface area contributed by atoms with Gasteiger partial charge in [0.05, 0.1) is 6.42 Å². The highest BCUT2D eigenvalue weighted by Crippen LogP contribution is 2.30. The summed E-state index contributed by atoms with van der Waals surface area (Å²) >= 11 is 0. The molecule has 5 nitrogen and oxygen atoms in total. The second kappa shape index (κ2) is 10.5. The second-order valence-corrected chi connectivity index (χ2v) is 9.26. The molecular weight excluding hydrogens is 417 g/mol. The zero-order valence-electron chi connectivity index (χ0n) is 19.7. The van der Waals surface area contributed by atoms with Crippen LogP contribution in [0.3, 0.4) is 0 Å². The number of fused-ring (bicyclic) bond motifs is 3. The molecule has 6 heteroatoms. The number of carbonyl (C=O) groups is 2. The van der Waals surface area contributed by atoms with Crippen LogP contribution in [0.25, 0.3) is 0 Å². The maximum Gasteiger partial charge on any atom is 0.227 e. The van der Waals surface area contributed by atoms with Crippen LogP contribution in [0.5, 0.6) is 0 Å². The fraction of sp³-hybridized carbons (Fsp3) is 0.481. The average molecular weight is 452 g/mol. The molecule has 0 aliphatic carbocycles. The van der Waals surface area contributed by atoms with Gasteiger partial charge in [-0.3, -0.25) is 14.5 Å². The zero-order valence-corrected chi connectivity index (χ0v) is 19.7. The van der Waals surface area contributed by atoms with Gasteiger partial charge in [0.25, 0.3) is 0 Å². The highest BCUT2D eigenvalue weighted by Gasteiger charge is 2.32. The fourth-order valence-electron chi connectivity index (χ4n) is 5.25. The number of hydrogen-bond acceptors (Lipinski definition) is 3. The first-order valence-electron chi connectivity index (χ1n) is 12.1. The number of rotatable bonds is 3. The number of hydrogen-bond donors (Lipinski definition) is 0. The summed E-state index contributed by atoms with van der Waals surface area (Å²) in [6.45, 7) is 3.58. The molecule has 0 spiro atoms. The van der Waals surface area contributed by atoms with Crippen LogP contribution in [-0.4, -0.2) is 53.8 Å². The molecule has 2 heterocycles. The lowest BCUT2D eigenvalue weighted by molar-refractivity contribution is -0.132. The van der Waals surface area contributed by atoms with Crippen molar-refractivity contribution in [1.29, 1.82) is 0 Å². The molecule has 4 rings (SSSR count). The van der Waals surface area contributed by atoms with Crippen molar-refractivity contribution in [3.63, 3.8) is 0 Å². The van der Waals surface area contributed by atoms with E-state index < -0.39 is 0 Å². The number of piperidine rings is 1. The van der Waals surface area contributed by atoms with Crippen molar-refractivity contribution in [1.82, 2.24) is 9.80 Å². The van der Waals surface area contributed by atoms with Gasteiger partial charge in [0.1, 0.15) is 5.82 Å². The molecule has 2 amide bonds. The number of halogens is 1. The summed E-state index contributed by atoms with van der Waals surface area (Å²) in [4.78, 5) is 32.6. The maximum atomic E-state index is 14.3. The molecule has 1 fully saturated rings. The van der Waals surface area contributed by atoms with Crippen molar-refractivity contribution in [2.45, 2.75) is 64.1 Å². The summed E-state index contributed by atoms with van der Waals surface area (Å²) in [7, 11) is 2.14. The van der Waals surface area contributed by atoms with Crippen LogP contribution in [0.4, 0.5) is 10.1 Å². The van der Waals surface area contributed by atoms with E-state index in [2.05, 4.69) is 11.9 Å². The lowest BCUT2D eigenvalue weighted by Crippen LogP contribution is -2.51. The second-order valence-electron chi connectivity index (χ2n) is 9.26. The maximum absolute atomic E-state index is 14.3. The third kappa shape index (κ3) is 5.27. The molecule has 176 valence electrons. The number of amides is 2. The molecule has 0 N–H and O–H groups in total. The highest BCUT2D eigenvalue weighted by atomic mass is 19.1. The van der Waals surface area contributed by atoms with Crippen LogP contribution in [-0.2, 0) is 22.6 Å². The summed E-state index contributed by atoms with van der Waals surface area (Å²) in [5.41, 5.74) is 2.26. The highest BCUT2D eigenvalue weighted by molar-refractivity contribution is 5.94. The number of carbonyl (C=O) groups excluding carboxylic acids is 2. The van der Waals surface area contributed by atoms with Crippen LogP contribution in [0.1, 0.15) is 50.2 Å². The Hall–Kier alpha value is -2.73. The first-order valence-corrected chi connectivity index (χ1v) is 12.1. The van der Waals surface area contributed by atoms with Crippen LogP contribution in [0.2, 0.25) is 0 Å². The third-order valence-electron chi connectivity index (χ3n) is 7.24. The van der Waals surface area contributed by atoms with Gasteiger partial charge in [-0.25, -0.2) is 4.39 Å². The van der Waals surface area contributed by atoms with Crippen molar-refractivity contribution < 1.29 is 14.0 Å². The van der Waals surface area contributed by atoms with Gasteiger partial charge < -0.3 is 9.80 Å². The smallest absolute Gasteiger partial charge is 0.227 e. The van der Waals surface area contributed by atoms with E-state index in [1.54, 1.807) is 18.2 Å². The molecule has 33 heavy (non-hydrogen) atoms. The van der Waals surface area contributed by atoms with Crippen LogP contribution in [0.15, 0.2) is 48.5 Å². The fourth-order valence-corrected chi connectivity index (χ4v) is 5.25. The van der Waals surface area contributed by atoms with Gasteiger partial charge in [-0.05, 0) is 49.6 Å². The van der Waals surface area contributed by atoms with Gasteiger partial charge in [0, 0.05) is 43.8 Å². The van der Waals surface area contributed by atoms with Gasteiger partial charge in [-0.15, -0.1) is 0 Å². The lowest BCUT2D eigenvalue weighted by atomic mass is 9.93. The Balaban J connectivity index is 1.70. The third-order valence-corrected chi connectivity index (χ3v) is 7.24. The summed E-state index contributed by atoms with van der Waals surface area (Å²) in [6.07, 6.45) is 4.64. The van der Waals surface area contributed by atoms with Crippen molar-refractivity contribution >= 4 is 17.5 Å². The summed E-state index contributed by atoms with van der Waals surface area (Å²) in [5, 5.41) is 0. The van der Waals surface area contributed by atoms with Crippen molar-refractivity contribution in [3.05, 3.63) is 65.5 Å². The molecule has 0 saturated carbocycles. The van der Waals surface area contributed by atoms with E-state index >= 15 is 0 Å². The first-order chi connectivity index (χ1) is 16.0. The Morgan fingerprint density at radius 1 is 0.970 bits per heavy atom. The average Bonchev–Trinajstić information content (AvgIpc) is 2.83. The first kappa shape index (κ1) is 23.4. The summed E-state index contributed by atoms with van der Waals surface area (Å²) in [6, 6.07) is 15.0. The Kier molecular flexibility index (Phi) is 7.43. The molecule has 2 unspecified atom stereocenters. The van der Waals surface area contributed by atoms with Gasteiger partial charge in [0.2, 0.25) is 11.8 Å². The molecule has 2 aromatic rings.